The number of β-amino-alcohol motifs (C(OH)–C–C–N with tert-alkyl or cyclic N) is 1. The Morgan fingerprint density at radius 2 is 2.45 bits per heavy atom. The SMILES string of the molecule is CCNC(=NCc1csc(N(C)C)n1)N1CC[C@@H](O)C1. The van der Waals surface area contributed by atoms with Crippen LogP contribution in [0, 0.1) is 0 Å². The molecule has 2 rings (SSSR count). The quantitative estimate of drug-likeness (QED) is 0.634. The minimum absolute atomic E-state index is 0.238. The van der Waals surface area contributed by atoms with Crippen LogP contribution in [0.5, 0.6) is 0 Å². The molecule has 0 spiro atoms. The van der Waals surface area contributed by atoms with Crippen molar-refractivity contribution in [3.8, 4) is 0 Å². The first kappa shape index (κ1) is 15.1. The average molecular weight is 297 g/mol. The first-order chi connectivity index (χ1) is 9.60. The molecule has 0 radical (unpaired) electrons. The molecule has 2 heterocycles. The Morgan fingerprint density at radius 3 is 3.00 bits per heavy atom. The van der Waals surface area contributed by atoms with Crippen LogP contribution >= 0.6 is 11.3 Å². The molecule has 0 aliphatic carbocycles. The summed E-state index contributed by atoms with van der Waals surface area (Å²) in [5.74, 6) is 0.864. The molecule has 20 heavy (non-hydrogen) atoms. The molecule has 0 bridgehead atoms. The van der Waals surface area contributed by atoms with Gasteiger partial charge in [0, 0.05) is 39.1 Å². The largest absolute Gasteiger partial charge is 0.391 e. The maximum Gasteiger partial charge on any atom is 0.194 e. The van der Waals surface area contributed by atoms with Gasteiger partial charge < -0.3 is 20.2 Å². The number of aliphatic hydroxyl groups is 1. The average Bonchev–Trinajstić information content (AvgIpc) is 3.03. The minimum atomic E-state index is -0.238. The summed E-state index contributed by atoms with van der Waals surface area (Å²) < 4.78 is 0. The molecule has 2 N–H and O–H groups in total. The molecule has 1 saturated heterocycles. The summed E-state index contributed by atoms with van der Waals surface area (Å²) in [6.07, 6.45) is 0.574. The van der Waals surface area contributed by atoms with Gasteiger partial charge in [0.1, 0.15) is 0 Å². The topological polar surface area (TPSA) is 64.0 Å². The molecule has 0 saturated carbocycles. The van der Waals surface area contributed by atoms with Gasteiger partial charge in [-0.15, -0.1) is 11.3 Å². The molecule has 1 aromatic rings. The van der Waals surface area contributed by atoms with Crippen molar-refractivity contribution >= 4 is 22.4 Å². The summed E-state index contributed by atoms with van der Waals surface area (Å²) in [6, 6.07) is 0. The zero-order chi connectivity index (χ0) is 14.5. The van der Waals surface area contributed by atoms with Crippen LogP contribution in [0.1, 0.15) is 19.0 Å². The molecule has 1 aliphatic rings. The Balaban J connectivity index is 2.01. The second kappa shape index (κ2) is 6.90. The number of hydrogen-bond acceptors (Lipinski definition) is 5. The van der Waals surface area contributed by atoms with Gasteiger partial charge in [-0.1, -0.05) is 0 Å². The number of anilines is 1. The lowest BCUT2D eigenvalue weighted by atomic mass is 10.3. The van der Waals surface area contributed by atoms with Gasteiger partial charge in [-0.3, -0.25) is 0 Å². The van der Waals surface area contributed by atoms with Crippen LogP contribution in [0.25, 0.3) is 0 Å². The molecule has 112 valence electrons. The molecule has 0 aromatic carbocycles. The Labute approximate surface area is 124 Å². The van der Waals surface area contributed by atoms with Crippen molar-refractivity contribution < 1.29 is 5.11 Å². The van der Waals surface area contributed by atoms with Crippen LogP contribution in [-0.2, 0) is 6.54 Å². The van der Waals surface area contributed by atoms with Crippen molar-refractivity contribution in [3.05, 3.63) is 11.1 Å². The molecule has 0 amide bonds. The third-order valence-electron chi connectivity index (χ3n) is 3.11. The number of aliphatic hydroxyl groups excluding tert-OH is 1. The molecule has 6 nitrogen and oxygen atoms in total. The maximum absolute atomic E-state index is 9.63. The van der Waals surface area contributed by atoms with Crippen LogP contribution < -0.4 is 10.2 Å². The molecular weight excluding hydrogens is 274 g/mol. The van der Waals surface area contributed by atoms with Gasteiger partial charge in [0.15, 0.2) is 11.1 Å². The Bertz CT molecular complexity index is 459. The Hall–Kier alpha value is -1.34. The summed E-state index contributed by atoms with van der Waals surface area (Å²) in [7, 11) is 3.98. The number of aromatic nitrogens is 1. The zero-order valence-electron chi connectivity index (χ0n) is 12.3. The lowest BCUT2D eigenvalue weighted by molar-refractivity contribution is 0.188. The standard InChI is InChI=1S/C13H23N5OS/c1-4-14-12(18-6-5-11(19)8-18)15-7-10-9-20-13(16-10)17(2)3/h9,11,19H,4-8H2,1-3H3,(H,14,15)/t11-/m1/s1. The van der Waals surface area contributed by atoms with E-state index in [0.717, 1.165) is 36.3 Å². The first-order valence-electron chi connectivity index (χ1n) is 6.93. The van der Waals surface area contributed by atoms with E-state index in [9.17, 15) is 5.11 Å². The van der Waals surface area contributed by atoms with E-state index in [-0.39, 0.29) is 6.10 Å². The zero-order valence-corrected chi connectivity index (χ0v) is 13.2. The molecule has 1 atom stereocenters. The van der Waals surface area contributed by atoms with Gasteiger partial charge >= 0.3 is 0 Å². The van der Waals surface area contributed by atoms with Gasteiger partial charge in [-0.05, 0) is 13.3 Å². The lowest BCUT2D eigenvalue weighted by Crippen LogP contribution is -2.40. The smallest absolute Gasteiger partial charge is 0.194 e. The highest BCUT2D eigenvalue weighted by Crippen LogP contribution is 2.18. The van der Waals surface area contributed by atoms with Crippen molar-refractivity contribution in [1.82, 2.24) is 15.2 Å². The fourth-order valence-electron chi connectivity index (χ4n) is 2.09. The van der Waals surface area contributed by atoms with Crippen molar-refractivity contribution in [2.45, 2.75) is 26.0 Å². The summed E-state index contributed by atoms with van der Waals surface area (Å²) in [5, 5.41) is 15.9. The van der Waals surface area contributed by atoms with E-state index in [1.54, 1.807) is 11.3 Å². The van der Waals surface area contributed by atoms with Gasteiger partial charge in [-0.25, -0.2) is 9.98 Å². The number of guanidine groups is 1. The van der Waals surface area contributed by atoms with E-state index >= 15 is 0 Å². The second-order valence-corrected chi connectivity index (χ2v) is 5.91. The highest BCUT2D eigenvalue weighted by molar-refractivity contribution is 7.13. The third-order valence-corrected chi connectivity index (χ3v) is 4.17. The Morgan fingerprint density at radius 1 is 1.65 bits per heavy atom. The normalized spacial score (nSPS) is 19.5. The third kappa shape index (κ3) is 3.83. The summed E-state index contributed by atoms with van der Waals surface area (Å²) in [5.41, 5.74) is 0.980. The monoisotopic (exact) mass is 297 g/mol. The van der Waals surface area contributed by atoms with Crippen LogP contribution in [0.15, 0.2) is 10.4 Å². The number of aliphatic imine (C=N–C) groups is 1. The van der Waals surface area contributed by atoms with Crippen molar-refractivity contribution in [3.63, 3.8) is 0 Å². The number of likely N-dealkylation sites (tertiary alicyclic amines) is 1. The van der Waals surface area contributed by atoms with E-state index in [1.807, 2.05) is 24.4 Å². The van der Waals surface area contributed by atoms with E-state index in [2.05, 4.69) is 27.1 Å². The predicted molar refractivity (Wildman–Crippen MR) is 83.5 cm³/mol. The molecule has 1 fully saturated rings. The molecule has 7 heteroatoms. The lowest BCUT2D eigenvalue weighted by Gasteiger charge is -2.20. The second-order valence-electron chi connectivity index (χ2n) is 5.07. The van der Waals surface area contributed by atoms with Gasteiger partial charge in [-0.2, -0.15) is 0 Å². The fraction of sp³-hybridized carbons (Fsp3) is 0.692. The molecular formula is C13H23N5OS. The number of rotatable bonds is 4. The minimum Gasteiger partial charge on any atom is -0.391 e. The fourth-order valence-corrected chi connectivity index (χ4v) is 2.84. The van der Waals surface area contributed by atoms with Crippen molar-refractivity contribution in [1.29, 1.82) is 0 Å². The van der Waals surface area contributed by atoms with Crippen molar-refractivity contribution in [2.24, 2.45) is 4.99 Å². The summed E-state index contributed by atoms with van der Waals surface area (Å²) in [4.78, 5) is 13.2. The molecule has 1 aliphatic heterocycles. The number of nitrogens with zero attached hydrogens (tertiary/aromatic N) is 4. The van der Waals surface area contributed by atoms with Crippen LogP contribution in [0.2, 0.25) is 0 Å². The summed E-state index contributed by atoms with van der Waals surface area (Å²) in [6.45, 7) is 4.96. The maximum atomic E-state index is 9.63. The highest BCUT2D eigenvalue weighted by Gasteiger charge is 2.22. The van der Waals surface area contributed by atoms with Crippen LogP contribution in [0.4, 0.5) is 5.13 Å². The summed E-state index contributed by atoms with van der Waals surface area (Å²) >= 11 is 1.63. The molecule has 1 aromatic heterocycles. The van der Waals surface area contributed by atoms with Gasteiger partial charge in [0.2, 0.25) is 0 Å². The number of hydrogen-bond donors (Lipinski definition) is 2. The van der Waals surface area contributed by atoms with E-state index < -0.39 is 0 Å². The van der Waals surface area contributed by atoms with Crippen LogP contribution in [0.3, 0.4) is 0 Å². The van der Waals surface area contributed by atoms with E-state index in [4.69, 9.17) is 0 Å². The van der Waals surface area contributed by atoms with E-state index in [1.165, 1.54) is 0 Å². The number of nitrogens with one attached hydrogen (secondary N) is 1. The molecule has 0 unspecified atom stereocenters. The van der Waals surface area contributed by atoms with Gasteiger partial charge in [0.05, 0.1) is 18.3 Å². The first-order valence-corrected chi connectivity index (χ1v) is 7.81. The van der Waals surface area contributed by atoms with Crippen LogP contribution in [-0.4, -0.2) is 60.8 Å². The predicted octanol–water partition coefficient (Wildman–Crippen LogP) is 0.741. The van der Waals surface area contributed by atoms with Gasteiger partial charge in [0.25, 0.3) is 0 Å². The Kier molecular flexibility index (Phi) is 5.19. The highest BCUT2D eigenvalue weighted by atomic mass is 32.1. The number of thiazole rings is 1. The van der Waals surface area contributed by atoms with Crippen molar-refractivity contribution in [2.75, 3.05) is 38.6 Å². The van der Waals surface area contributed by atoms with E-state index in [0.29, 0.717) is 13.1 Å².